The summed E-state index contributed by atoms with van der Waals surface area (Å²) < 4.78 is 18.4. The number of nitrogens with zero attached hydrogens (tertiary/aromatic N) is 4. The molecule has 0 unspecified atom stereocenters. The van der Waals surface area contributed by atoms with Gasteiger partial charge in [0.1, 0.15) is 41.8 Å². The highest BCUT2D eigenvalue weighted by Gasteiger charge is 2.32. The summed E-state index contributed by atoms with van der Waals surface area (Å²) in [6, 6.07) is 19.0. The monoisotopic (exact) mass is 725 g/mol. The topological polar surface area (TPSA) is 174 Å². The number of oxazole rings is 1. The van der Waals surface area contributed by atoms with Crippen LogP contribution < -0.4 is 14.8 Å². The van der Waals surface area contributed by atoms with Crippen molar-refractivity contribution in [3.05, 3.63) is 106 Å². The van der Waals surface area contributed by atoms with Gasteiger partial charge in [-0.1, -0.05) is 35.9 Å². The highest BCUT2D eigenvalue weighted by atomic mass is 35.5. The number of carbonyl (C=O) groups is 1. The van der Waals surface area contributed by atoms with Crippen LogP contribution >= 0.6 is 11.6 Å². The zero-order valence-corrected chi connectivity index (χ0v) is 29.7. The molecule has 2 atom stereocenters. The highest BCUT2D eigenvalue weighted by Crippen LogP contribution is 2.35. The molecule has 4 N–H and O–H groups in total. The zero-order chi connectivity index (χ0) is 36.8. The molecule has 0 amide bonds. The molecular formula is C39H40ClN5O7. The van der Waals surface area contributed by atoms with Gasteiger partial charge in [0, 0.05) is 62.2 Å². The Bertz CT molecular complexity index is 2120. The predicted octanol–water partition coefficient (Wildman–Crippen LogP) is 5.42. The Morgan fingerprint density at radius 3 is 2.71 bits per heavy atom. The number of aliphatic hydroxyl groups is 2. The first-order chi connectivity index (χ1) is 25.0. The standard InChI is InChI=1S/C39H40ClN5O7/c1-24-28(4-3-5-31(24)27-6-7-34-33(14-27)44-37(52-34)9-11-45-10-8-30(47)20-45)22-51-36-15-35(50-21-26-12-25(16-41)17-42-18-26)29(13-32(36)40)19-43-39(2,23-46)38(48)49/h3-7,12-15,17-18,30,43,46-47H,8-11,19-23H2,1-2H3,(H,48,49)/t30-,39-/m1/s1. The Morgan fingerprint density at radius 1 is 1.13 bits per heavy atom. The number of aromatic nitrogens is 2. The van der Waals surface area contributed by atoms with E-state index in [9.17, 15) is 25.4 Å². The normalized spacial score (nSPS) is 15.7. The van der Waals surface area contributed by atoms with E-state index >= 15 is 0 Å². The van der Waals surface area contributed by atoms with E-state index in [0.717, 1.165) is 52.9 Å². The molecule has 0 radical (unpaired) electrons. The lowest BCUT2D eigenvalue weighted by atomic mass is 9.96. The van der Waals surface area contributed by atoms with Gasteiger partial charge in [-0.3, -0.25) is 15.1 Å². The van der Waals surface area contributed by atoms with Crippen molar-refractivity contribution < 1.29 is 34.0 Å². The number of rotatable bonds is 15. The van der Waals surface area contributed by atoms with Crippen LogP contribution in [0.4, 0.5) is 0 Å². The van der Waals surface area contributed by atoms with Crippen LogP contribution in [0.1, 0.15) is 47.1 Å². The van der Waals surface area contributed by atoms with E-state index in [1.807, 2.05) is 43.3 Å². The van der Waals surface area contributed by atoms with Gasteiger partial charge in [0.25, 0.3) is 0 Å². The van der Waals surface area contributed by atoms with Crippen LogP contribution in [0.5, 0.6) is 11.5 Å². The summed E-state index contributed by atoms with van der Waals surface area (Å²) in [7, 11) is 0. The van der Waals surface area contributed by atoms with Gasteiger partial charge in [0.2, 0.25) is 0 Å². The van der Waals surface area contributed by atoms with E-state index in [-0.39, 0.29) is 25.9 Å². The number of pyridine rings is 1. The van der Waals surface area contributed by atoms with Crippen LogP contribution in [-0.2, 0) is 31.0 Å². The number of carboxylic acids is 1. The molecule has 2 aromatic heterocycles. The number of fused-ring (bicyclic) bond motifs is 1. The molecule has 0 bridgehead atoms. The second-order valence-corrected chi connectivity index (χ2v) is 13.6. The van der Waals surface area contributed by atoms with Crippen LogP contribution in [0.3, 0.4) is 0 Å². The van der Waals surface area contributed by atoms with Gasteiger partial charge < -0.3 is 34.1 Å². The van der Waals surface area contributed by atoms with E-state index in [0.29, 0.717) is 52.1 Å². The van der Waals surface area contributed by atoms with Crippen LogP contribution in [0, 0.1) is 18.3 Å². The van der Waals surface area contributed by atoms with Crippen molar-refractivity contribution in [3.63, 3.8) is 0 Å². The Balaban J connectivity index is 1.19. The van der Waals surface area contributed by atoms with Gasteiger partial charge in [-0.05, 0) is 66.8 Å². The Kier molecular flexibility index (Phi) is 11.4. The lowest BCUT2D eigenvalue weighted by Crippen LogP contribution is -2.52. The minimum atomic E-state index is -1.59. The lowest BCUT2D eigenvalue weighted by molar-refractivity contribution is -0.145. The third-order valence-corrected chi connectivity index (χ3v) is 9.65. The third-order valence-electron chi connectivity index (χ3n) is 9.35. The fraction of sp³-hybridized carbons (Fsp3) is 0.333. The third kappa shape index (κ3) is 8.53. The number of ether oxygens (including phenoxy) is 2. The largest absolute Gasteiger partial charge is 0.488 e. The summed E-state index contributed by atoms with van der Waals surface area (Å²) in [5, 5.41) is 41.6. The molecule has 3 heterocycles. The van der Waals surface area contributed by atoms with Gasteiger partial charge in [-0.25, -0.2) is 4.98 Å². The molecule has 1 fully saturated rings. The fourth-order valence-electron chi connectivity index (χ4n) is 6.06. The number of hydrogen-bond donors (Lipinski definition) is 4. The van der Waals surface area contributed by atoms with Crippen molar-refractivity contribution in [3.8, 4) is 28.7 Å². The SMILES string of the molecule is Cc1c(COc2cc(OCc3cncc(C#N)c3)c(CN[C@](C)(CO)C(=O)O)cc2Cl)cccc1-c1ccc2oc(CCN3CC[C@@H](O)C3)nc2c1. The molecule has 3 aromatic carbocycles. The maximum atomic E-state index is 11.8. The van der Waals surface area contributed by atoms with Gasteiger partial charge in [-0.15, -0.1) is 0 Å². The first-order valence-electron chi connectivity index (χ1n) is 17.0. The summed E-state index contributed by atoms with van der Waals surface area (Å²) >= 11 is 6.71. The second kappa shape index (κ2) is 16.1. The molecule has 12 nitrogen and oxygen atoms in total. The van der Waals surface area contributed by atoms with Crippen LogP contribution in [0.25, 0.3) is 22.2 Å². The lowest BCUT2D eigenvalue weighted by Gasteiger charge is -2.25. The number of benzene rings is 3. The number of halogens is 1. The number of aliphatic carboxylic acids is 1. The van der Waals surface area contributed by atoms with Crippen molar-refractivity contribution in [2.75, 3.05) is 26.2 Å². The molecule has 13 heteroatoms. The molecule has 52 heavy (non-hydrogen) atoms. The second-order valence-electron chi connectivity index (χ2n) is 13.2. The quantitative estimate of drug-likeness (QED) is 0.108. The van der Waals surface area contributed by atoms with Crippen molar-refractivity contribution in [2.24, 2.45) is 0 Å². The summed E-state index contributed by atoms with van der Waals surface area (Å²) in [4.78, 5) is 22.9. The molecule has 1 aliphatic heterocycles. The Labute approximate surface area is 306 Å². The maximum absolute atomic E-state index is 11.8. The summed E-state index contributed by atoms with van der Waals surface area (Å²) in [5.41, 5.74) is 5.48. The molecule has 0 spiro atoms. The zero-order valence-electron chi connectivity index (χ0n) is 28.9. The van der Waals surface area contributed by atoms with Gasteiger partial charge >= 0.3 is 5.97 Å². The first-order valence-corrected chi connectivity index (χ1v) is 17.3. The molecular weight excluding hydrogens is 686 g/mol. The van der Waals surface area contributed by atoms with Crippen LogP contribution in [0.15, 0.2) is 71.4 Å². The first kappa shape index (κ1) is 36.8. The number of likely N-dealkylation sites (tertiary alicyclic amines) is 1. The van der Waals surface area contributed by atoms with Crippen molar-refractivity contribution in [1.82, 2.24) is 20.2 Å². The van der Waals surface area contributed by atoms with E-state index in [2.05, 4.69) is 21.3 Å². The number of hydrogen-bond acceptors (Lipinski definition) is 11. The van der Waals surface area contributed by atoms with Crippen molar-refractivity contribution in [2.45, 2.75) is 58.1 Å². The highest BCUT2D eigenvalue weighted by molar-refractivity contribution is 6.32. The molecule has 1 saturated heterocycles. The smallest absolute Gasteiger partial charge is 0.326 e. The molecule has 5 aromatic rings. The number of nitriles is 1. The molecule has 6 rings (SSSR count). The number of aliphatic hydroxyl groups excluding tert-OH is 2. The summed E-state index contributed by atoms with van der Waals surface area (Å²) in [6.07, 6.45) is 4.27. The van der Waals surface area contributed by atoms with E-state index in [1.165, 1.54) is 13.1 Å². The van der Waals surface area contributed by atoms with E-state index in [4.69, 9.17) is 30.5 Å². The molecule has 270 valence electrons. The van der Waals surface area contributed by atoms with Gasteiger partial charge in [0.15, 0.2) is 11.5 Å². The maximum Gasteiger partial charge on any atom is 0.326 e. The Morgan fingerprint density at radius 2 is 1.96 bits per heavy atom. The molecule has 1 aliphatic rings. The van der Waals surface area contributed by atoms with Crippen molar-refractivity contribution >= 4 is 28.7 Å². The van der Waals surface area contributed by atoms with E-state index in [1.54, 1.807) is 24.4 Å². The van der Waals surface area contributed by atoms with E-state index < -0.39 is 18.1 Å². The molecule has 0 saturated carbocycles. The van der Waals surface area contributed by atoms with Crippen LogP contribution in [-0.4, -0.2) is 74.0 Å². The molecule has 0 aliphatic carbocycles. The average Bonchev–Trinajstić information content (AvgIpc) is 3.77. The Hall–Kier alpha value is -5.03. The summed E-state index contributed by atoms with van der Waals surface area (Å²) in [6.45, 7) is 5.45. The van der Waals surface area contributed by atoms with Crippen molar-refractivity contribution in [1.29, 1.82) is 5.26 Å². The predicted molar refractivity (Wildman–Crippen MR) is 194 cm³/mol. The number of carboxylic acid groups (broad SMARTS) is 1. The van der Waals surface area contributed by atoms with Gasteiger partial charge in [-0.2, -0.15) is 5.26 Å². The number of β-amino-alcohol motifs (C(OH)–C–C–N with tert-alkyl or cyclic N) is 1. The minimum Gasteiger partial charge on any atom is -0.488 e. The minimum absolute atomic E-state index is 0.0241. The number of nitrogens with one attached hydrogen (secondary N) is 1. The van der Waals surface area contributed by atoms with Crippen LogP contribution in [0.2, 0.25) is 5.02 Å². The average molecular weight is 726 g/mol. The fourth-order valence-corrected chi connectivity index (χ4v) is 6.30. The van der Waals surface area contributed by atoms with Gasteiger partial charge in [0.05, 0.1) is 23.3 Å². The summed E-state index contributed by atoms with van der Waals surface area (Å²) in [5.74, 6) is 0.202.